The highest BCUT2D eigenvalue weighted by Gasteiger charge is 2.42. The van der Waals surface area contributed by atoms with E-state index in [1.807, 2.05) is 41.7 Å². The van der Waals surface area contributed by atoms with Gasteiger partial charge in [-0.1, -0.05) is 48.5 Å². The Balaban J connectivity index is 1.37. The minimum Gasteiger partial charge on any atom is -0.344 e. The Hall–Kier alpha value is -4.60. The predicted octanol–water partition coefficient (Wildman–Crippen LogP) is 6.57. The van der Waals surface area contributed by atoms with Gasteiger partial charge in [0.25, 0.3) is 5.91 Å². The number of carbonyl (C=O) groups excluding carboxylic acids is 2. The van der Waals surface area contributed by atoms with Gasteiger partial charge in [0, 0.05) is 47.7 Å². The van der Waals surface area contributed by atoms with Crippen molar-refractivity contribution in [1.29, 1.82) is 0 Å². The van der Waals surface area contributed by atoms with Crippen LogP contribution in [0, 0.1) is 0 Å². The maximum atomic E-state index is 13.6. The van der Waals surface area contributed by atoms with E-state index in [1.54, 1.807) is 19.1 Å². The number of hydrogen-bond acceptors (Lipinski definition) is 3. The third kappa shape index (κ3) is 5.37. The highest BCUT2D eigenvalue weighted by atomic mass is 19.4. The van der Waals surface area contributed by atoms with Crippen LogP contribution in [0.1, 0.15) is 49.2 Å². The van der Waals surface area contributed by atoms with Crippen molar-refractivity contribution in [2.45, 2.75) is 58.0 Å². The number of fused-ring (bicyclic) bond motifs is 2. The lowest BCUT2D eigenvalue weighted by atomic mass is 10.1. The van der Waals surface area contributed by atoms with Gasteiger partial charge in [0.2, 0.25) is 0 Å². The van der Waals surface area contributed by atoms with Crippen molar-refractivity contribution < 1.29 is 22.8 Å². The summed E-state index contributed by atoms with van der Waals surface area (Å²) in [6, 6.07) is 24.9. The van der Waals surface area contributed by atoms with Gasteiger partial charge < -0.3 is 19.4 Å². The standard InChI is InChI=1S/C33H32F3N5O2/c1-20(2)41-28-14-13-24(31(42)39-19-25(15-21(39)3)37-32(43)33(34,35)36)16-26(28)38-30(41)29-17-23-11-7-8-12-27(23)40(29)18-22-9-5-4-6-10-22/h4-14,16-17,20-21,25H,15,18-19H2,1-3H3,(H,37,43)/t21-,25?/m0/s1. The zero-order valence-corrected chi connectivity index (χ0v) is 24.1. The number of carbonyl (C=O) groups is 2. The SMILES string of the molecule is CC(C)n1c(-c2cc3ccccc3n2Cc2ccccc2)nc2cc(C(=O)N3CC(NC(=O)C(F)(F)F)C[C@@H]3C)ccc21. The smallest absolute Gasteiger partial charge is 0.344 e. The van der Waals surface area contributed by atoms with Crippen LogP contribution in [-0.2, 0) is 11.3 Å². The molecule has 222 valence electrons. The second-order valence-corrected chi connectivity index (χ2v) is 11.5. The summed E-state index contributed by atoms with van der Waals surface area (Å²) >= 11 is 0. The highest BCUT2D eigenvalue weighted by Crippen LogP contribution is 2.34. The molecular formula is C33H32F3N5O2. The molecule has 1 aliphatic rings. The molecule has 0 bridgehead atoms. The number of likely N-dealkylation sites (tertiary alicyclic amines) is 1. The van der Waals surface area contributed by atoms with E-state index in [-0.39, 0.29) is 31.0 Å². The molecule has 1 saturated heterocycles. The molecule has 2 aromatic heterocycles. The Labute approximate surface area is 246 Å². The number of amides is 2. The van der Waals surface area contributed by atoms with Crippen LogP contribution >= 0.6 is 0 Å². The second kappa shape index (κ2) is 10.9. The zero-order valence-electron chi connectivity index (χ0n) is 24.1. The number of nitrogens with zero attached hydrogens (tertiary/aromatic N) is 4. The maximum Gasteiger partial charge on any atom is 0.471 e. The molecule has 6 rings (SSSR count). The van der Waals surface area contributed by atoms with Crippen LogP contribution in [0.3, 0.4) is 0 Å². The quantitative estimate of drug-likeness (QED) is 0.244. The van der Waals surface area contributed by atoms with Crippen LogP contribution in [0.25, 0.3) is 33.5 Å². The fourth-order valence-corrected chi connectivity index (χ4v) is 6.12. The van der Waals surface area contributed by atoms with Gasteiger partial charge in [-0.05, 0) is 63.1 Å². The first-order chi connectivity index (χ1) is 20.5. The third-order valence-electron chi connectivity index (χ3n) is 8.10. The molecule has 2 atom stereocenters. The molecule has 1 N–H and O–H groups in total. The Morgan fingerprint density at radius 3 is 2.42 bits per heavy atom. The number of aromatic nitrogens is 3. The molecule has 3 heterocycles. The van der Waals surface area contributed by atoms with Crippen LogP contribution in [0.15, 0.2) is 78.9 Å². The minimum atomic E-state index is -4.97. The lowest BCUT2D eigenvalue weighted by molar-refractivity contribution is -0.174. The Kier molecular flexibility index (Phi) is 7.23. The van der Waals surface area contributed by atoms with E-state index in [0.717, 1.165) is 33.5 Å². The number of nitrogens with one attached hydrogen (secondary N) is 1. The Morgan fingerprint density at radius 1 is 0.977 bits per heavy atom. The highest BCUT2D eigenvalue weighted by molar-refractivity contribution is 5.98. The van der Waals surface area contributed by atoms with Crippen molar-refractivity contribution >= 4 is 33.8 Å². The van der Waals surface area contributed by atoms with Crippen molar-refractivity contribution in [2.24, 2.45) is 0 Å². The molecule has 1 fully saturated rings. The van der Waals surface area contributed by atoms with Crippen LogP contribution in [0.2, 0.25) is 0 Å². The number of benzene rings is 3. The van der Waals surface area contributed by atoms with E-state index in [9.17, 15) is 22.8 Å². The summed E-state index contributed by atoms with van der Waals surface area (Å²) in [5, 5.41) is 3.11. The molecule has 3 aromatic carbocycles. The molecule has 1 aliphatic heterocycles. The average Bonchev–Trinajstić information content (AvgIpc) is 3.65. The van der Waals surface area contributed by atoms with E-state index >= 15 is 0 Å². The van der Waals surface area contributed by atoms with E-state index in [4.69, 9.17) is 4.98 Å². The van der Waals surface area contributed by atoms with Gasteiger partial charge in [-0.2, -0.15) is 13.2 Å². The van der Waals surface area contributed by atoms with Gasteiger partial charge in [0.05, 0.1) is 16.7 Å². The summed E-state index contributed by atoms with van der Waals surface area (Å²) in [6.45, 7) is 6.62. The summed E-state index contributed by atoms with van der Waals surface area (Å²) in [4.78, 5) is 31.6. The Bertz CT molecular complexity index is 1820. The predicted molar refractivity (Wildman–Crippen MR) is 160 cm³/mol. The lowest BCUT2D eigenvalue weighted by Crippen LogP contribution is -2.44. The summed E-state index contributed by atoms with van der Waals surface area (Å²) in [5.74, 6) is -1.51. The average molecular weight is 588 g/mol. The van der Waals surface area contributed by atoms with Gasteiger partial charge >= 0.3 is 12.1 Å². The van der Waals surface area contributed by atoms with Crippen molar-refractivity contribution in [1.82, 2.24) is 24.3 Å². The van der Waals surface area contributed by atoms with Crippen LogP contribution in [0.5, 0.6) is 0 Å². The minimum absolute atomic E-state index is 0.00509. The van der Waals surface area contributed by atoms with Crippen molar-refractivity contribution in [3.05, 3.63) is 90.0 Å². The first-order valence-electron chi connectivity index (χ1n) is 14.3. The first-order valence-corrected chi connectivity index (χ1v) is 14.3. The number of halogens is 3. The largest absolute Gasteiger partial charge is 0.471 e. The van der Waals surface area contributed by atoms with Gasteiger partial charge in [0.15, 0.2) is 5.82 Å². The molecule has 2 amide bonds. The van der Waals surface area contributed by atoms with E-state index in [0.29, 0.717) is 17.6 Å². The number of alkyl halides is 3. The van der Waals surface area contributed by atoms with Crippen LogP contribution < -0.4 is 5.32 Å². The zero-order chi connectivity index (χ0) is 30.5. The van der Waals surface area contributed by atoms with Gasteiger partial charge in [0.1, 0.15) is 0 Å². The van der Waals surface area contributed by atoms with Crippen molar-refractivity contribution in [3.8, 4) is 11.5 Å². The molecule has 43 heavy (non-hydrogen) atoms. The van der Waals surface area contributed by atoms with Crippen LogP contribution in [0.4, 0.5) is 13.2 Å². The number of imidazole rings is 1. The van der Waals surface area contributed by atoms with Crippen LogP contribution in [-0.4, -0.2) is 55.6 Å². The normalized spacial score (nSPS) is 17.3. The molecule has 0 spiro atoms. The molecule has 0 radical (unpaired) electrons. The molecule has 0 aliphatic carbocycles. The first kappa shape index (κ1) is 28.5. The second-order valence-electron chi connectivity index (χ2n) is 11.5. The number of rotatable bonds is 6. The monoisotopic (exact) mass is 587 g/mol. The molecule has 7 nitrogen and oxygen atoms in total. The fourth-order valence-electron chi connectivity index (χ4n) is 6.12. The van der Waals surface area contributed by atoms with E-state index in [1.165, 1.54) is 4.90 Å². The topological polar surface area (TPSA) is 72.2 Å². The third-order valence-corrected chi connectivity index (χ3v) is 8.10. The molecule has 5 aromatic rings. The number of hydrogen-bond donors (Lipinski definition) is 1. The lowest BCUT2D eigenvalue weighted by Gasteiger charge is -2.21. The molecule has 10 heteroatoms. The molecule has 0 saturated carbocycles. The van der Waals surface area contributed by atoms with E-state index in [2.05, 4.69) is 53.3 Å². The van der Waals surface area contributed by atoms with Gasteiger partial charge in [-0.25, -0.2) is 4.98 Å². The van der Waals surface area contributed by atoms with Gasteiger partial charge in [-0.3, -0.25) is 9.59 Å². The van der Waals surface area contributed by atoms with Crippen molar-refractivity contribution in [3.63, 3.8) is 0 Å². The maximum absolute atomic E-state index is 13.6. The summed E-state index contributed by atoms with van der Waals surface area (Å²) in [7, 11) is 0. The summed E-state index contributed by atoms with van der Waals surface area (Å²) in [5.41, 5.74) is 5.14. The number of para-hydroxylation sites is 1. The van der Waals surface area contributed by atoms with Gasteiger partial charge in [-0.15, -0.1) is 0 Å². The molecule has 1 unspecified atom stereocenters. The van der Waals surface area contributed by atoms with E-state index < -0.39 is 18.1 Å². The fraction of sp³-hybridized carbons (Fsp3) is 0.303. The Morgan fingerprint density at radius 2 is 1.70 bits per heavy atom. The molecular weight excluding hydrogens is 555 g/mol. The van der Waals surface area contributed by atoms with Crippen molar-refractivity contribution in [2.75, 3.05) is 6.54 Å². The summed E-state index contributed by atoms with van der Waals surface area (Å²) < 4.78 is 42.8. The summed E-state index contributed by atoms with van der Waals surface area (Å²) in [6.07, 6.45) is -4.72.